The fourth-order valence-electron chi connectivity index (χ4n) is 7.65. The summed E-state index contributed by atoms with van der Waals surface area (Å²) in [5, 5.41) is 0. The molecule has 0 saturated heterocycles. The van der Waals surface area contributed by atoms with Crippen LogP contribution in [0.3, 0.4) is 0 Å². The Morgan fingerprint density at radius 1 is 0.481 bits per heavy atom. The molecule has 79 heavy (non-hydrogen) atoms. The third-order valence-corrected chi connectivity index (χ3v) is 10.7. The van der Waals surface area contributed by atoms with Crippen molar-refractivity contribution in [2.75, 3.05) is 76.4 Å². The highest BCUT2D eigenvalue weighted by molar-refractivity contribution is 5.99. The Kier molecular flexibility index (Phi) is 19.8. The molecule has 0 bridgehead atoms. The second-order valence-electron chi connectivity index (χ2n) is 16.7. The molecule has 0 N–H and O–H groups in total. The predicted molar refractivity (Wildman–Crippen MR) is 264 cm³/mol. The molecule has 4 aromatic carbocycles. The zero-order valence-electron chi connectivity index (χ0n) is 43.4. The zero-order chi connectivity index (χ0) is 57.4. The molecule has 2 aliphatic rings. The van der Waals surface area contributed by atoms with Crippen LogP contribution in [0.5, 0.6) is 34.5 Å². The van der Waals surface area contributed by atoms with E-state index in [0.29, 0.717) is 0 Å². The molecule has 2 heterocycles. The Balaban J connectivity index is 1.44. The molecule has 0 aliphatic carbocycles. The number of esters is 10. The number of ether oxygens (including phenoxy) is 14. The number of hydrogen-bond acceptors (Lipinski definition) is 26. The van der Waals surface area contributed by atoms with Crippen LogP contribution in [0.15, 0.2) is 85.1 Å². The summed E-state index contributed by atoms with van der Waals surface area (Å²) in [4.78, 5) is 128. The number of carbonyl (C=O) groups excluding carboxylic acids is 10. The van der Waals surface area contributed by atoms with Gasteiger partial charge in [0.1, 0.15) is 73.9 Å². The molecular weight excluding hydrogens is 1050 g/mol. The highest BCUT2D eigenvalue weighted by Gasteiger charge is 2.54. The van der Waals surface area contributed by atoms with Crippen molar-refractivity contribution in [3.63, 3.8) is 0 Å². The molecule has 6 rings (SSSR count). The maximum atomic E-state index is 14.5. The first-order valence-electron chi connectivity index (χ1n) is 23.5. The number of carbonyl (C=O) groups is 10. The highest BCUT2D eigenvalue weighted by Crippen LogP contribution is 2.58. The van der Waals surface area contributed by atoms with Crippen LogP contribution in [0.2, 0.25) is 0 Å². The lowest BCUT2D eigenvalue weighted by molar-refractivity contribution is -0.167. The molecule has 0 saturated carbocycles. The largest absolute Gasteiger partial charge is 0.488 e. The van der Waals surface area contributed by atoms with Crippen LogP contribution in [0.4, 0.5) is 11.4 Å². The Morgan fingerprint density at radius 2 is 0.911 bits per heavy atom. The van der Waals surface area contributed by atoms with Gasteiger partial charge in [-0.3, -0.25) is 43.2 Å². The summed E-state index contributed by atoms with van der Waals surface area (Å²) in [5.74, 6) is -7.88. The van der Waals surface area contributed by atoms with Crippen LogP contribution in [0.25, 0.3) is 0 Å². The van der Waals surface area contributed by atoms with E-state index in [0.717, 1.165) is 25.7 Å². The lowest BCUT2D eigenvalue weighted by Crippen LogP contribution is -2.37. The van der Waals surface area contributed by atoms with Gasteiger partial charge in [-0.15, -0.1) is 0 Å². The van der Waals surface area contributed by atoms with Crippen LogP contribution >= 0.6 is 0 Å². The van der Waals surface area contributed by atoms with E-state index in [1.807, 2.05) is 0 Å². The predicted octanol–water partition coefficient (Wildman–Crippen LogP) is 4.42. The van der Waals surface area contributed by atoms with Gasteiger partial charge in [0.2, 0.25) is 27.2 Å². The molecule has 26 heteroatoms. The van der Waals surface area contributed by atoms with Gasteiger partial charge in [-0.2, -0.15) is 0 Å². The summed E-state index contributed by atoms with van der Waals surface area (Å²) in [6.45, 7) is 4.61. The van der Waals surface area contributed by atoms with Gasteiger partial charge in [-0.05, 0) is 55.5 Å². The minimum atomic E-state index is -1.89. The molecule has 0 fully saturated rings. The molecule has 2 aliphatic heterocycles. The van der Waals surface area contributed by atoms with E-state index in [-0.39, 0.29) is 87.1 Å². The van der Waals surface area contributed by atoms with Crippen LogP contribution in [0, 0.1) is 0 Å². The molecule has 0 unspecified atom stereocenters. The Morgan fingerprint density at radius 3 is 1.35 bits per heavy atom. The van der Waals surface area contributed by atoms with Crippen molar-refractivity contribution in [3.8, 4) is 34.5 Å². The average Bonchev–Trinajstić information content (AvgIpc) is 3.92. The highest BCUT2D eigenvalue weighted by atomic mass is 16.7. The summed E-state index contributed by atoms with van der Waals surface area (Å²) < 4.78 is 75.8. The molecule has 0 atom stereocenters. The molecule has 0 amide bonds. The Hall–Kier alpha value is -9.88. The van der Waals surface area contributed by atoms with Crippen LogP contribution in [-0.4, -0.2) is 126 Å². The monoisotopic (exact) mass is 1100 g/mol. The Labute approximate surface area is 449 Å². The van der Waals surface area contributed by atoms with Gasteiger partial charge in [0.15, 0.2) is 5.60 Å². The van der Waals surface area contributed by atoms with Crippen molar-refractivity contribution in [2.24, 2.45) is 0 Å². The lowest BCUT2D eigenvalue weighted by atomic mass is 9.77. The molecular formula is C53H52N2O24. The van der Waals surface area contributed by atoms with E-state index in [2.05, 4.69) is 6.58 Å². The average molecular weight is 1100 g/mol. The number of fused-ring (bicyclic) bond motifs is 6. The molecule has 1 spiro atoms. The summed E-state index contributed by atoms with van der Waals surface area (Å²) in [6.07, 6.45) is 0. The van der Waals surface area contributed by atoms with E-state index >= 15 is 0 Å². The maximum absolute atomic E-state index is 14.5. The van der Waals surface area contributed by atoms with Gasteiger partial charge in [0.25, 0.3) is 0 Å². The second kappa shape index (κ2) is 26.7. The number of allylic oxidation sites excluding steroid dienone is 1. The number of para-hydroxylation sites is 2. The fraction of sp³-hybridized carbons (Fsp3) is 0.321. The standard InChI is InChI=1S/C53H52N2O24/c1-30(2)68-26-72-50(63)24-55(25-51(64)75-29-71-33(5)58)43-20-38-41(53(79-52(38)65)39-14-12-36(76-34(6)59)18-45(39)78-46-19-37(77-35(7)60)13-15-40(46)53)21-47(43)67-17-16-66-44-11-9-8-10-42(44)54(22-48(61)73-27-69-31(3)56)23-49(62)74-28-70-32(4)57/h8-15,18-21H,1,16-17,22-29H2,2-7H3. The van der Waals surface area contributed by atoms with Crippen molar-refractivity contribution >= 4 is 71.1 Å². The Bertz CT molecular complexity index is 2910. The lowest BCUT2D eigenvalue weighted by Gasteiger charge is -2.37. The molecule has 26 nitrogen and oxygen atoms in total. The van der Waals surface area contributed by atoms with E-state index in [1.165, 1.54) is 86.3 Å². The van der Waals surface area contributed by atoms with Crippen LogP contribution < -0.4 is 33.5 Å². The molecule has 0 radical (unpaired) electrons. The minimum Gasteiger partial charge on any atom is -0.488 e. The minimum absolute atomic E-state index is 0.0479. The van der Waals surface area contributed by atoms with E-state index in [9.17, 15) is 47.9 Å². The van der Waals surface area contributed by atoms with Gasteiger partial charge in [0.05, 0.1) is 22.7 Å². The van der Waals surface area contributed by atoms with Gasteiger partial charge >= 0.3 is 59.7 Å². The van der Waals surface area contributed by atoms with Gasteiger partial charge in [0, 0.05) is 63.4 Å². The van der Waals surface area contributed by atoms with E-state index < -0.39 is 119 Å². The third-order valence-electron chi connectivity index (χ3n) is 10.7. The van der Waals surface area contributed by atoms with Gasteiger partial charge in [-0.25, -0.2) is 4.79 Å². The number of rotatable bonds is 26. The molecule has 0 aromatic heterocycles. The van der Waals surface area contributed by atoms with Crippen molar-refractivity contribution in [3.05, 3.63) is 107 Å². The summed E-state index contributed by atoms with van der Waals surface area (Å²) in [6, 6.07) is 17.5. The zero-order valence-corrected chi connectivity index (χ0v) is 43.4. The molecule has 418 valence electrons. The van der Waals surface area contributed by atoms with Crippen molar-refractivity contribution < 1.29 is 114 Å². The third kappa shape index (κ3) is 15.8. The normalized spacial score (nSPS) is 12.0. The second-order valence-corrected chi connectivity index (χ2v) is 16.7. The summed E-state index contributed by atoms with van der Waals surface area (Å²) >= 11 is 0. The first kappa shape index (κ1) is 58.4. The summed E-state index contributed by atoms with van der Waals surface area (Å²) in [7, 11) is 0. The van der Waals surface area contributed by atoms with E-state index in [1.54, 1.807) is 12.1 Å². The van der Waals surface area contributed by atoms with Crippen molar-refractivity contribution in [1.82, 2.24) is 0 Å². The first-order chi connectivity index (χ1) is 37.6. The SMILES string of the molecule is C=C(C)OCOC(=O)CN(CC(=O)OCOC(C)=O)c1cc2c(cc1OCCOc1ccccc1N(CC(=O)OCOC(C)=O)CC(=O)OCOC(C)=O)C1(OC2=O)c2ccc(OC(C)=O)cc2Oc2cc(OC(C)=O)ccc21. The smallest absolute Gasteiger partial charge is 0.340 e. The number of benzene rings is 4. The maximum Gasteiger partial charge on any atom is 0.340 e. The van der Waals surface area contributed by atoms with Crippen LogP contribution in [0.1, 0.15) is 68.6 Å². The molecule has 4 aromatic rings. The first-order valence-corrected chi connectivity index (χ1v) is 23.5. The quantitative estimate of drug-likeness (QED) is 0.0210. The van der Waals surface area contributed by atoms with Gasteiger partial charge < -0.3 is 76.1 Å². The van der Waals surface area contributed by atoms with E-state index in [4.69, 9.17) is 66.3 Å². The number of anilines is 2. The number of nitrogens with zero attached hydrogens (tertiary/aromatic N) is 2. The fourth-order valence-corrected chi connectivity index (χ4v) is 7.65. The van der Waals surface area contributed by atoms with Gasteiger partial charge in [-0.1, -0.05) is 18.7 Å². The van der Waals surface area contributed by atoms with Crippen LogP contribution in [-0.2, 0) is 91.4 Å². The summed E-state index contributed by atoms with van der Waals surface area (Å²) in [5.41, 5.74) is -1.38. The van der Waals surface area contributed by atoms with Crippen molar-refractivity contribution in [1.29, 1.82) is 0 Å². The van der Waals surface area contributed by atoms with Crippen molar-refractivity contribution in [2.45, 2.75) is 47.1 Å². The number of hydrogen-bond donors (Lipinski definition) is 0. The topological polar surface area (TPSA) is 306 Å².